The summed E-state index contributed by atoms with van der Waals surface area (Å²) in [5.41, 5.74) is 1.35. The van der Waals surface area contributed by atoms with Gasteiger partial charge in [0, 0.05) is 21.5 Å². The van der Waals surface area contributed by atoms with Gasteiger partial charge in [0.05, 0.1) is 16.6 Å². The van der Waals surface area contributed by atoms with Crippen LogP contribution in [0.25, 0.3) is 21.3 Å². The standard InChI is InChI=1S/C19H10Cl2FN3OS/c20-12-6-4-11(5-7-12)14-9-27-18-17(14)19(26)25(10-23-18)24-8-13-15(21)2-1-3-16(13)22/h1-10H. The molecule has 4 nitrogen and oxygen atoms in total. The second-order valence-electron chi connectivity index (χ2n) is 5.61. The molecular formula is C19H10Cl2FN3OS. The Morgan fingerprint density at radius 1 is 1.15 bits per heavy atom. The number of hydrogen-bond acceptors (Lipinski definition) is 4. The van der Waals surface area contributed by atoms with E-state index in [4.69, 9.17) is 23.2 Å². The quantitative estimate of drug-likeness (QED) is 0.415. The Morgan fingerprint density at radius 3 is 2.67 bits per heavy atom. The predicted molar refractivity (Wildman–Crippen MR) is 109 cm³/mol. The third kappa shape index (κ3) is 3.39. The molecule has 0 atom stereocenters. The van der Waals surface area contributed by atoms with Crippen LogP contribution >= 0.6 is 34.5 Å². The van der Waals surface area contributed by atoms with Gasteiger partial charge < -0.3 is 0 Å². The maximum absolute atomic E-state index is 13.9. The van der Waals surface area contributed by atoms with Gasteiger partial charge in [-0.2, -0.15) is 9.78 Å². The number of rotatable bonds is 3. The lowest BCUT2D eigenvalue weighted by molar-refractivity contribution is 0.625. The fourth-order valence-electron chi connectivity index (χ4n) is 2.60. The molecule has 0 aliphatic rings. The van der Waals surface area contributed by atoms with E-state index < -0.39 is 5.82 Å². The van der Waals surface area contributed by atoms with Crippen LogP contribution in [0.1, 0.15) is 5.56 Å². The Hall–Kier alpha value is -2.54. The van der Waals surface area contributed by atoms with E-state index in [-0.39, 0.29) is 16.1 Å². The fraction of sp³-hybridized carbons (Fsp3) is 0. The van der Waals surface area contributed by atoms with Crippen LogP contribution in [0.3, 0.4) is 0 Å². The first-order valence-corrected chi connectivity index (χ1v) is 9.41. The highest BCUT2D eigenvalue weighted by atomic mass is 35.5. The molecule has 134 valence electrons. The minimum absolute atomic E-state index is 0.106. The van der Waals surface area contributed by atoms with E-state index in [0.29, 0.717) is 15.2 Å². The van der Waals surface area contributed by atoms with Crippen molar-refractivity contribution in [2.75, 3.05) is 0 Å². The molecule has 2 heterocycles. The van der Waals surface area contributed by atoms with Crippen molar-refractivity contribution in [1.29, 1.82) is 0 Å². The van der Waals surface area contributed by atoms with Crippen LogP contribution in [0.2, 0.25) is 10.0 Å². The van der Waals surface area contributed by atoms with Gasteiger partial charge in [-0.25, -0.2) is 9.37 Å². The van der Waals surface area contributed by atoms with Crippen LogP contribution in [-0.4, -0.2) is 15.9 Å². The van der Waals surface area contributed by atoms with Gasteiger partial charge in [0.2, 0.25) is 0 Å². The number of hydrogen-bond donors (Lipinski definition) is 0. The molecule has 0 fully saturated rings. The third-order valence-electron chi connectivity index (χ3n) is 3.94. The van der Waals surface area contributed by atoms with E-state index in [0.717, 1.165) is 15.8 Å². The second-order valence-corrected chi connectivity index (χ2v) is 7.31. The minimum atomic E-state index is -0.522. The summed E-state index contributed by atoms with van der Waals surface area (Å²) in [7, 11) is 0. The van der Waals surface area contributed by atoms with Gasteiger partial charge in [-0.3, -0.25) is 4.79 Å². The van der Waals surface area contributed by atoms with Gasteiger partial charge in [0.25, 0.3) is 5.56 Å². The van der Waals surface area contributed by atoms with Gasteiger partial charge in [-0.05, 0) is 29.8 Å². The molecule has 0 spiro atoms. The largest absolute Gasteiger partial charge is 0.283 e. The normalized spacial score (nSPS) is 11.5. The summed E-state index contributed by atoms with van der Waals surface area (Å²) in [5.74, 6) is -0.522. The fourth-order valence-corrected chi connectivity index (χ4v) is 3.85. The molecular weight excluding hydrogens is 408 g/mol. The summed E-state index contributed by atoms with van der Waals surface area (Å²) in [6.45, 7) is 0. The lowest BCUT2D eigenvalue weighted by Gasteiger charge is -2.02. The number of fused-ring (bicyclic) bond motifs is 1. The van der Waals surface area contributed by atoms with Crippen LogP contribution in [0.4, 0.5) is 4.39 Å². The molecule has 0 aliphatic heterocycles. The second kappa shape index (κ2) is 7.23. The molecule has 2 aromatic heterocycles. The summed E-state index contributed by atoms with van der Waals surface area (Å²) >= 11 is 13.3. The van der Waals surface area contributed by atoms with Gasteiger partial charge in [0.15, 0.2) is 0 Å². The maximum atomic E-state index is 13.9. The third-order valence-corrected chi connectivity index (χ3v) is 5.41. The lowest BCUT2D eigenvalue weighted by Crippen LogP contribution is -2.17. The number of nitrogens with zero attached hydrogens (tertiary/aromatic N) is 3. The molecule has 0 bridgehead atoms. The van der Waals surface area contributed by atoms with Crippen molar-refractivity contribution in [3.63, 3.8) is 0 Å². The Bertz CT molecular complexity index is 1210. The van der Waals surface area contributed by atoms with Crippen LogP contribution in [0.5, 0.6) is 0 Å². The summed E-state index contributed by atoms with van der Waals surface area (Å²) in [5, 5.41) is 7.18. The van der Waals surface area contributed by atoms with Gasteiger partial charge in [-0.1, -0.05) is 41.4 Å². The maximum Gasteiger partial charge on any atom is 0.283 e. The van der Waals surface area contributed by atoms with Crippen LogP contribution in [0, 0.1) is 5.82 Å². The molecule has 0 radical (unpaired) electrons. The Labute approximate surface area is 167 Å². The average Bonchev–Trinajstić information content (AvgIpc) is 3.08. The Balaban J connectivity index is 1.83. The van der Waals surface area contributed by atoms with Crippen LogP contribution in [-0.2, 0) is 0 Å². The highest BCUT2D eigenvalue weighted by molar-refractivity contribution is 7.17. The van der Waals surface area contributed by atoms with Crippen molar-refractivity contribution in [2.45, 2.75) is 0 Å². The van der Waals surface area contributed by atoms with E-state index >= 15 is 0 Å². The lowest BCUT2D eigenvalue weighted by atomic mass is 10.1. The summed E-state index contributed by atoms with van der Waals surface area (Å²) in [4.78, 5) is 17.8. The summed E-state index contributed by atoms with van der Waals surface area (Å²) in [6, 6.07) is 11.5. The molecule has 2 aromatic carbocycles. The molecule has 0 saturated carbocycles. The van der Waals surface area contributed by atoms with Crippen molar-refractivity contribution < 1.29 is 4.39 Å². The average molecular weight is 418 g/mol. The number of halogens is 3. The Kier molecular flexibility index (Phi) is 4.78. The van der Waals surface area contributed by atoms with Crippen molar-refractivity contribution in [1.82, 2.24) is 9.66 Å². The van der Waals surface area contributed by atoms with E-state index in [2.05, 4.69) is 10.1 Å². The SMILES string of the molecule is O=c1c2c(-c3ccc(Cl)cc3)csc2ncn1N=Cc1c(F)cccc1Cl. The molecule has 27 heavy (non-hydrogen) atoms. The molecule has 4 rings (SSSR count). The van der Waals surface area contributed by atoms with E-state index in [1.807, 2.05) is 17.5 Å². The number of benzene rings is 2. The smallest absolute Gasteiger partial charge is 0.267 e. The van der Waals surface area contributed by atoms with Crippen molar-refractivity contribution in [3.05, 3.63) is 86.0 Å². The Morgan fingerprint density at radius 2 is 1.93 bits per heavy atom. The molecule has 4 aromatic rings. The summed E-state index contributed by atoms with van der Waals surface area (Å²) in [6.07, 6.45) is 2.51. The van der Waals surface area contributed by atoms with Crippen molar-refractivity contribution in [2.24, 2.45) is 5.10 Å². The minimum Gasteiger partial charge on any atom is -0.267 e. The predicted octanol–water partition coefficient (Wildman–Crippen LogP) is 5.45. The zero-order chi connectivity index (χ0) is 19.0. The van der Waals surface area contributed by atoms with Gasteiger partial charge in [0.1, 0.15) is 17.0 Å². The van der Waals surface area contributed by atoms with Crippen molar-refractivity contribution >= 4 is 51.0 Å². The molecule has 0 amide bonds. The number of aromatic nitrogens is 2. The van der Waals surface area contributed by atoms with E-state index in [9.17, 15) is 9.18 Å². The first kappa shape index (κ1) is 17.9. The highest BCUT2D eigenvalue weighted by Crippen LogP contribution is 2.31. The zero-order valence-electron chi connectivity index (χ0n) is 13.6. The molecule has 0 saturated heterocycles. The molecule has 8 heteroatoms. The van der Waals surface area contributed by atoms with Crippen LogP contribution < -0.4 is 5.56 Å². The van der Waals surface area contributed by atoms with Gasteiger partial charge >= 0.3 is 0 Å². The van der Waals surface area contributed by atoms with Crippen molar-refractivity contribution in [3.8, 4) is 11.1 Å². The first-order valence-electron chi connectivity index (χ1n) is 7.78. The highest BCUT2D eigenvalue weighted by Gasteiger charge is 2.13. The topological polar surface area (TPSA) is 47.2 Å². The van der Waals surface area contributed by atoms with Crippen LogP contribution in [0.15, 0.2) is 64.1 Å². The van der Waals surface area contributed by atoms with Gasteiger partial charge in [-0.15, -0.1) is 11.3 Å². The van der Waals surface area contributed by atoms with E-state index in [1.54, 1.807) is 18.2 Å². The zero-order valence-corrected chi connectivity index (χ0v) is 15.9. The molecule has 0 aliphatic carbocycles. The molecule has 0 unspecified atom stereocenters. The monoisotopic (exact) mass is 417 g/mol. The molecule has 0 N–H and O–H groups in total. The first-order chi connectivity index (χ1) is 13.0. The number of thiophene rings is 1. The summed E-state index contributed by atoms with van der Waals surface area (Å²) < 4.78 is 15.0. The van der Waals surface area contributed by atoms with E-state index in [1.165, 1.54) is 36.0 Å².